The number of nitrogens with two attached hydrogens (primary N) is 1. The van der Waals surface area contributed by atoms with Crippen LogP contribution in [0.25, 0.3) is 5.65 Å². The van der Waals surface area contributed by atoms with Crippen molar-refractivity contribution >= 4 is 47.2 Å². The largest absolute Gasteiger partial charge is 0.479 e. The first-order chi connectivity index (χ1) is 18.3. The summed E-state index contributed by atoms with van der Waals surface area (Å²) >= 11 is 12.6. The molecule has 2 N–H and O–H groups in total. The van der Waals surface area contributed by atoms with Crippen molar-refractivity contribution in [3.8, 4) is 5.88 Å². The van der Waals surface area contributed by atoms with E-state index in [1.54, 1.807) is 33.7 Å². The molecule has 2 aromatic carbocycles. The Morgan fingerprint density at radius 2 is 1.77 bits per heavy atom. The number of hydrogen-bond donors (Lipinski definition) is 1. The molecular formula is C27H31Cl3N6O3. The molecule has 0 aliphatic heterocycles. The number of carbonyl (C=O) groups is 1. The van der Waals surface area contributed by atoms with Crippen molar-refractivity contribution < 1.29 is 9.53 Å². The number of methoxy groups -OCH3 is 1. The van der Waals surface area contributed by atoms with Gasteiger partial charge in [-0.15, -0.1) is 17.5 Å². The minimum absolute atomic E-state index is 0. The summed E-state index contributed by atoms with van der Waals surface area (Å²) in [6, 6.07) is 15.7. The van der Waals surface area contributed by atoms with Gasteiger partial charge in [-0.1, -0.05) is 67.4 Å². The van der Waals surface area contributed by atoms with Gasteiger partial charge in [0.15, 0.2) is 5.65 Å². The van der Waals surface area contributed by atoms with Crippen LogP contribution in [0.1, 0.15) is 48.1 Å². The van der Waals surface area contributed by atoms with Crippen LogP contribution >= 0.6 is 35.6 Å². The van der Waals surface area contributed by atoms with E-state index < -0.39 is 11.7 Å². The second-order valence-electron chi connectivity index (χ2n) is 9.22. The molecule has 0 fully saturated rings. The van der Waals surface area contributed by atoms with Gasteiger partial charge in [0.25, 0.3) is 11.8 Å². The fourth-order valence-corrected chi connectivity index (χ4v) is 4.80. The highest BCUT2D eigenvalue weighted by Gasteiger charge is 2.33. The van der Waals surface area contributed by atoms with Gasteiger partial charge < -0.3 is 15.4 Å². The summed E-state index contributed by atoms with van der Waals surface area (Å²) in [6.07, 6.45) is 0.564. The maximum absolute atomic E-state index is 13.9. The van der Waals surface area contributed by atoms with Gasteiger partial charge in [-0.25, -0.2) is 9.78 Å². The van der Waals surface area contributed by atoms with Crippen molar-refractivity contribution in [2.45, 2.75) is 32.9 Å². The number of halogens is 3. The standard InChI is InChI=1S/C27H30Cl2N6O3.ClH/c1-17(2)22(33(15-7-14-30)26(36)19-10-12-20(28)13-11-19)24-31-23-21(29)25(38-3)32-35(23)27(37)34(24)16-18-8-5-4-6-9-18;/h4-6,8-13,17,22H,7,14-16,30H2,1-3H3;1H. The summed E-state index contributed by atoms with van der Waals surface area (Å²) in [5.41, 5.74) is 6.93. The molecule has 12 heteroatoms. The third-order valence-electron chi connectivity index (χ3n) is 6.25. The summed E-state index contributed by atoms with van der Waals surface area (Å²) in [4.78, 5) is 34.3. The van der Waals surface area contributed by atoms with E-state index >= 15 is 0 Å². The molecule has 0 aliphatic rings. The molecule has 4 rings (SSSR count). The zero-order chi connectivity index (χ0) is 27.4. The maximum Gasteiger partial charge on any atom is 0.352 e. The van der Waals surface area contributed by atoms with Crippen LogP contribution in [0.5, 0.6) is 5.88 Å². The first-order valence-corrected chi connectivity index (χ1v) is 13.1. The number of rotatable bonds is 10. The molecule has 39 heavy (non-hydrogen) atoms. The lowest BCUT2D eigenvalue weighted by Crippen LogP contribution is -2.43. The number of amides is 1. The average Bonchev–Trinajstić information content (AvgIpc) is 3.24. The van der Waals surface area contributed by atoms with Crippen molar-refractivity contribution in [2.24, 2.45) is 11.7 Å². The molecule has 2 aromatic heterocycles. The molecule has 2 heterocycles. The van der Waals surface area contributed by atoms with Crippen LogP contribution in [0, 0.1) is 5.92 Å². The maximum atomic E-state index is 13.9. The van der Waals surface area contributed by atoms with E-state index in [2.05, 4.69) is 5.10 Å². The van der Waals surface area contributed by atoms with Crippen LogP contribution in [0.3, 0.4) is 0 Å². The van der Waals surface area contributed by atoms with Gasteiger partial charge in [0.05, 0.1) is 19.7 Å². The Labute approximate surface area is 242 Å². The van der Waals surface area contributed by atoms with Crippen molar-refractivity contribution in [3.63, 3.8) is 0 Å². The lowest BCUT2D eigenvalue weighted by molar-refractivity contribution is 0.0601. The fourth-order valence-electron chi connectivity index (χ4n) is 4.44. The SMILES string of the molecule is COc1nn2c(=O)n(Cc3ccccc3)c(C(C(C)C)N(CCCN)C(=O)c3ccc(Cl)cc3)nc2c1Cl.Cl. The van der Waals surface area contributed by atoms with Gasteiger partial charge in [-0.05, 0) is 48.7 Å². The number of aromatic nitrogens is 4. The first-order valence-electron chi connectivity index (χ1n) is 12.3. The van der Waals surface area contributed by atoms with Crippen molar-refractivity contribution in [3.05, 3.63) is 92.1 Å². The van der Waals surface area contributed by atoms with Gasteiger partial charge in [0, 0.05) is 17.1 Å². The molecule has 0 bridgehead atoms. The summed E-state index contributed by atoms with van der Waals surface area (Å²) in [5, 5.41) is 4.87. The van der Waals surface area contributed by atoms with Crippen LogP contribution in [0.2, 0.25) is 10.0 Å². The predicted molar refractivity (Wildman–Crippen MR) is 155 cm³/mol. The Morgan fingerprint density at radius 3 is 2.36 bits per heavy atom. The van der Waals surface area contributed by atoms with E-state index in [1.165, 1.54) is 7.11 Å². The fraction of sp³-hybridized carbons (Fsp3) is 0.333. The number of carbonyl (C=O) groups excluding carboxylic acids is 1. The Bertz CT molecular complexity index is 1470. The Morgan fingerprint density at radius 1 is 1.10 bits per heavy atom. The lowest BCUT2D eigenvalue weighted by Gasteiger charge is -2.35. The predicted octanol–water partition coefficient (Wildman–Crippen LogP) is 4.86. The smallest absolute Gasteiger partial charge is 0.352 e. The number of benzene rings is 2. The molecule has 208 valence electrons. The highest BCUT2D eigenvalue weighted by atomic mass is 35.5. The molecule has 4 aromatic rings. The van der Waals surface area contributed by atoms with E-state index in [9.17, 15) is 9.59 Å². The normalized spacial score (nSPS) is 11.9. The van der Waals surface area contributed by atoms with Crippen LogP contribution in [0.15, 0.2) is 59.4 Å². The number of fused-ring (bicyclic) bond motifs is 1. The molecule has 0 radical (unpaired) electrons. The van der Waals surface area contributed by atoms with Crippen molar-refractivity contribution in [1.82, 2.24) is 24.1 Å². The molecule has 0 aliphatic carbocycles. The topological polar surface area (TPSA) is 108 Å². The molecular weight excluding hydrogens is 563 g/mol. The van der Waals surface area contributed by atoms with Crippen LogP contribution in [-0.4, -0.2) is 50.2 Å². The highest BCUT2D eigenvalue weighted by molar-refractivity contribution is 6.34. The Kier molecular flexibility index (Phi) is 10.4. The zero-order valence-corrected chi connectivity index (χ0v) is 24.2. The summed E-state index contributed by atoms with van der Waals surface area (Å²) in [7, 11) is 1.42. The van der Waals surface area contributed by atoms with Gasteiger partial charge in [-0.2, -0.15) is 4.52 Å². The van der Waals surface area contributed by atoms with Crippen molar-refractivity contribution in [1.29, 1.82) is 0 Å². The van der Waals surface area contributed by atoms with Crippen LogP contribution in [-0.2, 0) is 6.54 Å². The van der Waals surface area contributed by atoms with E-state index in [1.807, 2.05) is 44.2 Å². The van der Waals surface area contributed by atoms with E-state index in [-0.39, 0.29) is 47.3 Å². The zero-order valence-electron chi connectivity index (χ0n) is 21.9. The van der Waals surface area contributed by atoms with Crippen molar-refractivity contribution in [2.75, 3.05) is 20.2 Å². The lowest BCUT2D eigenvalue weighted by atomic mass is 9.99. The molecule has 0 saturated heterocycles. The van der Waals surface area contributed by atoms with E-state index in [0.717, 1.165) is 10.1 Å². The monoisotopic (exact) mass is 592 g/mol. The number of hydrogen-bond acceptors (Lipinski definition) is 6. The molecule has 1 atom stereocenters. The summed E-state index contributed by atoms with van der Waals surface area (Å²) in [5.74, 6) is 0.151. The van der Waals surface area contributed by atoms with Crippen LogP contribution < -0.4 is 16.2 Å². The van der Waals surface area contributed by atoms with Gasteiger partial charge >= 0.3 is 5.69 Å². The molecule has 1 amide bonds. The summed E-state index contributed by atoms with van der Waals surface area (Å²) < 4.78 is 7.93. The third-order valence-corrected chi connectivity index (χ3v) is 6.83. The minimum Gasteiger partial charge on any atom is -0.479 e. The average molecular weight is 594 g/mol. The highest BCUT2D eigenvalue weighted by Crippen LogP contribution is 2.32. The number of ether oxygens (including phenoxy) is 1. The third kappa shape index (κ3) is 6.38. The first kappa shape index (κ1) is 30.4. The Hall–Kier alpha value is -3.11. The molecule has 9 nitrogen and oxygen atoms in total. The molecule has 0 saturated carbocycles. The van der Waals surface area contributed by atoms with Gasteiger partial charge in [0.1, 0.15) is 10.8 Å². The Balaban J connectivity index is 0.00000420. The second kappa shape index (κ2) is 13.3. The second-order valence-corrected chi connectivity index (χ2v) is 10.0. The van der Waals surface area contributed by atoms with Gasteiger partial charge in [0.2, 0.25) is 0 Å². The molecule has 0 spiro atoms. The number of nitrogens with zero attached hydrogens (tertiary/aromatic N) is 5. The van der Waals surface area contributed by atoms with Crippen LogP contribution in [0.4, 0.5) is 0 Å². The molecule has 1 unspecified atom stereocenters. The summed E-state index contributed by atoms with van der Waals surface area (Å²) in [6.45, 7) is 4.95. The van der Waals surface area contributed by atoms with E-state index in [0.29, 0.717) is 35.9 Å². The van der Waals surface area contributed by atoms with Gasteiger partial charge in [-0.3, -0.25) is 9.36 Å². The van der Waals surface area contributed by atoms with E-state index in [4.69, 9.17) is 38.7 Å². The quantitative estimate of drug-likeness (QED) is 0.281. The minimum atomic E-state index is -0.580.